The predicted molar refractivity (Wildman–Crippen MR) is 122 cm³/mol. The molecule has 4 rings (SSSR count). The molecule has 0 aromatic heterocycles. The number of rotatable bonds is 5. The highest BCUT2D eigenvalue weighted by Crippen LogP contribution is 2.39. The molecule has 1 saturated carbocycles. The van der Waals surface area contributed by atoms with Gasteiger partial charge in [0.1, 0.15) is 6.10 Å². The van der Waals surface area contributed by atoms with Gasteiger partial charge < -0.3 is 25.0 Å². The minimum atomic E-state index is -0.577. The van der Waals surface area contributed by atoms with Crippen LogP contribution >= 0.6 is 0 Å². The maximum atomic E-state index is 13.0. The van der Waals surface area contributed by atoms with Gasteiger partial charge in [-0.3, -0.25) is 4.79 Å². The molecule has 2 N–H and O–H groups in total. The molecule has 1 aromatic carbocycles. The van der Waals surface area contributed by atoms with Crippen molar-refractivity contribution in [2.24, 2.45) is 5.73 Å². The first-order valence-corrected chi connectivity index (χ1v) is 12.1. The Morgan fingerprint density at radius 1 is 1.22 bits per heavy atom. The number of piperidine rings is 1. The van der Waals surface area contributed by atoms with Crippen LogP contribution in [0.15, 0.2) is 30.3 Å². The molecule has 2 aliphatic heterocycles. The first-order chi connectivity index (χ1) is 15.5. The zero-order chi connectivity index (χ0) is 22.7. The van der Waals surface area contributed by atoms with Gasteiger partial charge in [0.2, 0.25) is 0 Å². The number of carbonyl (C=O) groups excluding carboxylic acids is 2. The Labute approximate surface area is 191 Å². The number of amides is 3. The molecule has 2 saturated heterocycles. The van der Waals surface area contributed by atoms with Gasteiger partial charge in [-0.05, 0) is 63.9 Å². The van der Waals surface area contributed by atoms with Crippen LogP contribution in [0.3, 0.4) is 0 Å². The molecule has 32 heavy (non-hydrogen) atoms. The van der Waals surface area contributed by atoms with Crippen LogP contribution in [-0.4, -0.2) is 71.8 Å². The van der Waals surface area contributed by atoms with Gasteiger partial charge in [0.25, 0.3) is 5.91 Å². The van der Waals surface area contributed by atoms with Crippen LogP contribution in [0.4, 0.5) is 4.79 Å². The van der Waals surface area contributed by atoms with Gasteiger partial charge in [0.05, 0.1) is 30.9 Å². The van der Waals surface area contributed by atoms with Crippen molar-refractivity contribution in [3.63, 3.8) is 0 Å². The molecular weight excluding hydrogens is 406 g/mol. The second-order valence-electron chi connectivity index (χ2n) is 9.51. The topological polar surface area (TPSA) is 85.1 Å². The number of primary amides is 1. The van der Waals surface area contributed by atoms with Crippen LogP contribution in [0.5, 0.6) is 0 Å². The number of nitrogens with zero attached hydrogens (tertiary/aromatic N) is 2. The number of ether oxygens (including phenoxy) is 2. The first kappa shape index (κ1) is 23.1. The van der Waals surface area contributed by atoms with E-state index < -0.39 is 17.7 Å². The standard InChI is InChI=1S/C25H37N3O4/c1-3-28-23(29)18(2)32-17-25(28)14-7-15-27(24(26)30)22(25)16-31-21-12-10-20(11-13-21)19-8-5-4-6-9-19/h4-6,8-9,18,20-22H,3,7,10-17H2,1-2H3,(H2,26,30). The van der Waals surface area contributed by atoms with Crippen LogP contribution < -0.4 is 5.73 Å². The molecule has 7 heteroatoms. The summed E-state index contributed by atoms with van der Waals surface area (Å²) in [5.74, 6) is 0.569. The Balaban J connectivity index is 1.45. The Hall–Kier alpha value is -2.12. The van der Waals surface area contributed by atoms with Crippen molar-refractivity contribution in [3.05, 3.63) is 35.9 Å². The molecule has 0 bridgehead atoms. The number of carbonyl (C=O) groups is 2. The highest BCUT2D eigenvalue weighted by molar-refractivity contribution is 5.82. The summed E-state index contributed by atoms with van der Waals surface area (Å²) in [6, 6.07) is 9.94. The van der Waals surface area contributed by atoms with Crippen LogP contribution in [0.2, 0.25) is 0 Å². The molecule has 1 aliphatic carbocycles. The molecule has 1 spiro atoms. The molecule has 3 aliphatic rings. The molecule has 3 amide bonds. The van der Waals surface area contributed by atoms with Gasteiger partial charge in [-0.2, -0.15) is 0 Å². The smallest absolute Gasteiger partial charge is 0.315 e. The fourth-order valence-electron chi connectivity index (χ4n) is 6.00. The van der Waals surface area contributed by atoms with E-state index in [-0.39, 0.29) is 18.1 Å². The summed E-state index contributed by atoms with van der Waals surface area (Å²) >= 11 is 0. The minimum Gasteiger partial charge on any atom is -0.376 e. The van der Waals surface area contributed by atoms with Crippen molar-refractivity contribution in [2.75, 3.05) is 26.3 Å². The molecule has 3 atom stereocenters. The van der Waals surface area contributed by atoms with E-state index in [0.717, 1.165) is 38.5 Å². The second-order valence-corrected chi connectivity index (χ2v) is 9.51. The summed E-state index contributed by atoms with van der Waals surface area (Å²) < 4.78 is 12.3. The monoisotopic (exact) mass is 443 g/mol. The number of nitrogens with two attached hydrogens (primary N) is 1. The number of urea groups is 1. The van der Waals surface area contributed by atoms with E-state index in [4.69, 9.17) is 15.2 Å². The van der Waals surface area contributed by atoms with Gasteiger partial charge in [-0.15, -0.1) is 0 Å². The minimum absolute atomic E-state index is 0.0153. The van der Waals surface area contributed by atoms with E-state index >= 15 is 0 Å². The Kier molecular flexibility index (Phi) is 7.05. The quantitative estimate of drug-likeness (QED) is 0.757. The Bertz CT molecular complexity index is 796. The third-order valence-corrected chi connectivity index (χ3v) is 7.77. The van der Waals surface area contributed by atoms with Crippen LogP contribution in [-0.2, 0) is 14.3 Å². The molecule has 1 aromatic rings. The zero-order valence-corrected chi connectivity index (χ0v) is 19.4. The third-order valence-electron chi connectivity index (χ3n) is 7.77. The molecule has 2 heterocycles. The average molecular weight is 444 g/mol. The Morgan fingerprint density at radius 3 is 2.59 bits per heavy atom. The van der Waals surface area contributed by atoms with Gasteiger partial charge in [0.15, 0.2) is 0 Å². The first-order valence-electron chi connectivity index (χ1n) is 12.1. The second kappa shape index (κ2) is 9.79. The lowest BCUT2D eigenvalue weighted by Gasteiger charge is -2.57. The fourth-order valence-corrected chi connectivity index (χ4v) is 6.00. The Morgan fingerprint density at radius 2 is 1.94 bits per heavy atom. The van der Waals surface area contributed by atoms with Crippen molar-refractivity contribution in [2.45, 2.75) is 82.1 Å². The number of hydrogen-bond donors (Lipinski definition) is 1. The predicted octanol–water partition coefficient (Wildman–Crippen LogP) is 3.28. The fraction of sp³-hybridized carbons (Fsp3) is 0.680. The lowest BCUT2D eigenvalue weighted by molar-refractivity contribution is -0.185. The molecule has 176 valence electrons. The summed E-state index contributed by atoms with van der Waals surface area (Å²) in [7, 11) is 0. The zero-order valence-electron chi connectivity index (χ0n) is 19.4. The molecule has 3 unspecified atom stereocenters. The highest BCUT2D eigenvalue weighted by atomic mass is 16.5. The molecule has 3 fully saturated rings. The lowest BCUT2D eigenvalue weighted by Crippen LogP contribution is -2.74. The maximum Gasteiger partial charge on any atom is 0.315 e. The number of morpholine rings is 1. The molecule has 7 nitrogen and oxygen atoms in total. The summed E-state index contributed by atoms with van der Waals surface area (Å²) in [6.07, 6.45) is 5.49. The summed E-state index contributed by atoms with van der Waals surface area (Å²) in [6.45, 7) is 5.75. The average Bonchev–Trinajstić information content (AvgIpc) is 2.82. The highest BCUT2D eigenvalue weighted by Gasteiger charge is 2.54. The van der Waals surface area contributed by atoms with E-state index in [1.54, 1.807) is 11.8 Å². The van der Waals surface area contributed by atoms with Crippen molar-refractivity contribution >= 4 is 11.9 Å². The van der Waals surface area contributed by atoms with E-state index in [9.17, 15) is 9.59 Å². The number of likely N-dealkylation sites (tertiary alicyclic amines) is 1. The van der Waals surface area contributed by atoms with E-state index in [2.05, 4.69) is 30.3 Å². The maximum absolute atomic E-state index is 13.0. The van der Waals surface area contributed by atoms with Crippen LogP contribution in [0.25, 0.3) is 0 Å². The van der Waals surface area contributed by atoms with E-state index in [1.807, 2.05) is 11.8 Å². The van der Waals surface area contributed by atoms with Crippen LogP contribution in [0, 0.1) is 0 Å². The van der Waals surface area contributed by atoms with Crippen molar-refractivity contribution in [1.82, 2.24) is 9.80 Å². The van der Waals surface area contributed by atoms with Gasteiger partial charge in [0, 0.05) is 13.1 Å². The molecular formula is C25H37N3O4. The summed E-state index contributed by atoms with van der Waals surface area (Å²) in [5, 5.41) is 0. The lowest BCUT2D eigenvalue weighted by atomic mass is 9.78. The third kappa shape index (κ3) is 4.37. The molecule has 0 radical (unpaired) electrons. The van der Waals surface area contributed by atoms with Crippen molar-refractivity contribution in [1.29, 1.82) is 0 Å². The SMILES string of the molecule is CCN1C(=O)C(C)OCC12CCCN(C(N)=O)C2COC1CCC(c2ccccc2)CC1. The summed E-state index contributed by atoms with van der Waals surface area (Å²) in [5.41, 5.74) is 6.60. The van der Waals surface area contributed by atoms with Crippen molar-refractivity contribution in [3.8, 4) is 0 Å². The van der Waals surface area contributed by atoms with Crippen molar-refractivity contribution < 1.29 is 19.1 Å². The number of benzene rings is 1. The van der Waals surface area contributed by atoms with Crippen LogP contribution in [0.1, 0.15) is 63.9 Å². The number of hydrogen-bond acceptors (Lipinski definition) is 4. The normalized spacial score (nSPS) is 33.5. The largest absolute Gasteiger partial charge is 0.376 e. The summed E-state index contributed by atoms with van der Waals surface area (Å²) in [4.78, 5) is 28.9. The van der Waals surface area contributed by atoms with Gasteiger partial charge in [-0.1, -0.05) is 30.3 Å². The van der Waals surface area contributed by atoms with Gasteiger partial charge in [-0.25, -0.2) is 4.79 Å². The van der Waals surface area contributed by atoms with Gasteiger partial charge >= 0.3 is 6.03 Å². The van der Waals surface area contributed by atoms with E-state index in [1.165, 1.54) is 5.56 Å². The van der Waals surface area contributed by atoms with E-state index in [0.29, 0.717) is 32.2 Å². The number of likely N-dealkylation sites (N-methyl/N-ethyl adjacent to an activating group) is 1.